The van der Waals surface area contributed by atoms with Crippen LogP contribution in [0.15, 0.2) is 0 Å². The number of hydrogen-bond acceptors (Lipinski definition) is 1. The van der Waals surface area contributed by atoms with Crippen molar-refractivity contribution in [3.05, 3.63) is 0 Å². The van der Waals surface area contributed by atoms with Crippen LogP contribution < -0.4 is 0 Å². The molecule has 1 aliphatic rings. The van der Waals surface area contributed by atoms with Gasteiger partial charge in [0.1, 0.15) is 0 Å². The van der Waals surface area contributed by atoms with E-state index in [0.717, 1.165) is 19.5 Å². The van der Waals surface area contributed by atoms with Crippen LogP contribution in [0.5, 0.6) is 0 Å². The van der Waals surface area contributed by atoms with Crippen LogP contribution in [-0.4, -0.2) is 29.3 Å². The fourth-order valence-electron chi connectivity index (χ4n) is 1.59. The molecule has 0 N–H and O–H groups in total. The SMILES string of the molecule is CC(C)C(=O)N1CCC(C)C(Cl)C1. The van der Waals surface area contributed by atoms with Crippen molar-refractivity contribution in [1.82, 2.24) is 4.90 Å². The molecule has 2 unspecified atom stereocenters. The molecule has 3 heteroatoms. The second kappa shape index (κ2) is 4.32. The summed E-state index contributed by atoms with van der Waals surface area (Å²) in [7, 11) is 0. The predicted molar refractivity (Wildman–Crippen MR) is 54.8 cm³/mol. The van der Waals surface area contributed by atoms with E-state index in [1.165, 1.54) is 0 Å². The lowest BCUT2D eigenvalue weighted by Crippen LogP contribution is -2.45. The average molecular weight is 204 g/mol. The highest BCUT2D eigenvalue weighted by Gasteiger charge is 2.28. The van der Waals surface area contributed by atoms with Crippen LogP contribution >= 0.6 is 11.6 Å². The van der Waals surface area contributed by atoms with Gasteiger partial charge in [0, 0.05) is 19.0 Å². The first-order chi connectivity index (χ1) is 6.02. The van der Waals surface area contributed by atoms with E-state index >= 15 is 0 Å². The van der Waals surface area contributed by atoms with E-state index in [0.29, 0.717) is 5.92 Å². The van der Waals surface area contributed by atoms with Crippen LogP contribution in [0.3, 0.4) is 0 Å². The Morgan fingerprint density at radius 1 is 1.54 bits per heavy atom. The molecule has 13 heavy (non-hydrogen) atoms. The minimum atomic E-state index is 0.0947. The Bertz CT molecular complexity index is 193. The summed E-state index contributed by atoms with van der Waals surface area (Å²) in [4.78, 5) is 13.5. The molecular formula is C10H18ClNO. The molecule has 1 saturated heterocycles. The standard InChI is InChI=1S/C10H18ClNO/c1-7(2)10(13)12-5-4-8(3)9(11)6-12/h7-9H,4-6H2,1-3H3. The Labute approximate surface area is 85.2 Å². The van der Waals surface area contributed by atoms with Crippen LogP contribution in [-0.2, 0) is 4.79 Å². The maximum Gasteiger partial charge on any atom is 0.225 e. The zero-order chi connectivity index (χ0) is 10.0. The molecular weight excluding hydrogens is 186 g/mol. The number of alkyl halides is 1. The summed E-state index contributed by atoms with van der Waals surface area (Å²) < 4.78 is 0. The monoisotopic (exact) mass is 203 g/mol. The number of halogens is 1. The van der Waals surface area contributed by atoms with Gasteiger partial charge in [0.25, 0.3) is 0 Å². The number of likely N-dealkylation sites (tertiary alicyclic amines) is 1. The van der Waals surface area contributed by atoms with Crippen LogP contribution in [0.2, 0.25) is 0 Å². The lowest BCUT2D eigenvalue weighted by atomic mass is 9.97. The summed E-state index contributed by atoms with van der Waals surface area (Å²) in [6.07, 6.45) is 1.03. The number of amides is 1. The molecule has 0 saturated carbocycles. The number of carbonyl (C=O) groups is 1. The third-order valence-electron chi connectivity index (χ3n) is 2.67. The summed E-state index contributed by atoms with van der Waals surface area (Å²) in [6, 6.07) is 0. The molecule has 1 rings (SSSR count). The molecule has 0 spiro atoms. The molecule has 2 nitrogen and oxygen atoms in total. The quantitative estimate of drug-likeness (QED) is 0.598. The van der Waals surface area contributed by atoms with Crippen molar-refractivity contribution >= 4 is 17.5 Å². The third-order valence-corrected chi connectivity index (χ3v) is 3.24. The summed E-state index contributed by atoms with van der Waals surface area (Å²) in [5.41, 5.74) is 0. The van der Waals surface area contributed by atoms with Crippen molar-refractivity contribution in [3.63, 3.8) is 0 Å². The smallest absolute Gasteiger partial charge is 0.225 e. The van der Waals surface area contributed by atoms with E-state index in [-0.39, 0.29) is 17.2 Å². The van der Waals surface area contributed by atoms with Gasteiger partial charge in [-0.3, -0.25) is 4.79 Å². The Kier molecular flexibility index (Phi) is 3.60. The third kappa shape index (κ3) is 2.60. The Hall–Kier alpha value is -0.240. The number of piperidine rings is 1. The van der Waals surface area contributed by atoms with Gasteiger partial charge in [0.2, 0.25) is 5.91 Å². The fraction of sp³-hybridized carbons (Fsp3) is 0.900. The summed E-state index contributed by atoms with van der Waals surface area (Å²) in [6.45, 7) is 7.61. The highest BCUT2D eigenvalue weighted by molar-refractivity contribution is 6.21. The summed E-state index contributed by atoms with van der Waals surface area (Å²) in [5.74, 6) is 0.868. The first kappa shape index (κ1) is 10.8. The highest BCUT2D eigenvalue weighted by atomic mass is 35.5. The largest absolute Gasteiger partial charge is 0.341 e. The highest BCUT2D eigenvalue weighted by Crippen LogP contribution is 2.22. The van der Waals surface area contributed by atoms with Crippen molar-refractivity contribution in [2.75, 3.05) is 13.1 Å². The molecule has 1 aliphatic heterocycles. The maximum atomic E-state index is 11.6. The van der Waals surface area contributed by atoms with E-state index in [9.17, 15) is 4.79 Å². The van der Waals surface area contributed by atoms with Gasteiger partial charge in [0.05, 0.1) is 5.38 Å². The van der Waals surface area contributed by atoms with Gasteiger partial charge in [-0.1, -0.05) is 20.8 Å². The van der Waals surface area contributed by atoms with Gasteiger partial charge in [0.15, 0.2) is 0 Å². The van der Waals surface area contributed by atoms with Crippen molar-refractivity contribution in [1.29, 1.82) is 0 Å². The molecule has 0 radical (unpaired) electrons. The zero-order valence-electron chi connectivity index (χ0n) is 8.59. The topological polar surface area (TPSA) is 20.3 Å². The fourth-order valence-corrected chi connectivity index (χ4v) is 1.88. The lowest BCUT2D eigenvalue weighted by Gasteiger charge is -2.34. The van der Waals surface area contributed by atoms with E-state index in [1.54, 1.807) is 0 Å². The van der Waals surface area contributed by atoms with Crippen molar-refractivity contribution < 1.29 is 4.79 Å². The first-order valence-corrected chi connectivity index (χ1v) is 5.39. The molecule has 0 aromatic heterocycles. The number of rotatable bonds is 1. The van der Waals surface area contributed by atoms with Crippen molar-refractivity contribution in [3.8, 4) is 0 Å². The van der Waals surface area contributed by atoms with Crippen LogP contribution in [0, 0.1) is 11.8 Å². The molecule has 0 aromatic rings. The Balaban J connectivity index is 2.50. The maximum absolute atomic E-state index is 11.6. The summed E-state index contributed by atoms with van der Waals surface area (Å²) >= 11 is 6.12. The van der Waals surface area contributed by atoms with Gasteiger partial charge in [-0.2, -0.15) is 0 Å². The van der Waals surface area contributed by atoms with Gasteiger partial charge in [-0.05, 0) is 12.3 Å². The molecule has 1 heterocycles. The predicted octanol–water partition coefficient (Wildman–Crippen LogP) is 2.12. The first-order valence-electron chi connectivity index (χ1n) is 4.95. The van der Waals surface area contributed by atoms with Crippen molar-refractivity contribution in [2.24, 2.45) is 11.8 Å². The van der Waals surface area contributed by atoms with E-state index in [4.69, 9.17) is 11.6 Å². The van der Waals surface area contributed by atoms with E-state index in [2.05, 4.69) is 6.92 Å². The molecule has 2 atom stereocenters. The number of nitrogens with zero attached hydrogens (tertiary/aromatic N) is 1. The van der Waals surface area contributed by atoms with E-state index < -0.39 is 0 Å². The summed E-state index contributed by atoms with van der Waals surface area (Å²) in [5, 5.41) is 0.136. The van der Waals surface area contributed by atoms with Crippen LogP contribution in [0.25, 0.3) is 0 Å². The molecule has 0 aromatic carbocycles. The zero-order valence-corrected chi connectivity index (χ0v) is 9.34. The van der Waals surface area contributed by atoms with Crippen LogP contribution in [0.1, 0.15) is 27.2 Å². The van der Waals surface area contributed by atoms with Gasteiger partial charge < -0.3 is 4.90 Å². The second-order valence-electron chi connectivity index (χ2n) is 4.22. The van der Waals surface area contributed by atoms with E-state index in [1.807, 2.05) is 18.7 Å². The molecule has 1 fully saturated rings. The van der Waals surface area contributed by atoms with Gasteiger partial charge in [-0.25, -0.2) is 0 Å². The lowest BCUT2D eigenvalue weighted by molar-refractivity contribution is -0.135. The second-order valence-corrected chi connectivity index (χ2v) is 4.78. The van der Waals surface area contributed by atoms with Gasteiger partial charge in [-0.15, -0.1) is 11.6 Å². The number of hydrogen-bond donors (Lipinski definition) is 0. The van der Waals surface area contributed by atoms with Crippen LogP contribution in [0.4, 0.5) is 0 Å². The Morgan fingerprint density at radius 3 is 2.62 bits per heavy atom. The minimum Gasteiger partial charge on any atom is -0.341 e. The minimum absolute atomic E-state index is 0.0947. The molecule has 0 aliphatic carbocycles. The van der Waals surface area contributed by atoms with Gasteiger partial charge >= 0.3 is 0 Å². The number of carbonyl (C=O) groups excluding carboxylic acids is 1. The molecule has 1 amide bonds. The molecule has 76 valence electrons. The molecule has 0 bridgehead atoms. The average Bonchev–Trinajstić information content (AvgIpc) is 2.08. The Morgan fingerprint density at radius 2 is 2.15 bits per heavy atom. The van der Waals surface area contributed by atoms with Crippen molar-refractivity contribution in [2.45, 2.75) is 32.6 Å². The normalized spacial score (nSPS) is 29.5.